The Morgan fingerprint density at radius 1 is 0.618 bits per heavy atom. The van der Waals surface area contributed by atoms with Crippen LogP contribution in [-0.2, 0) is 17.1 Å². The molecule has 0 bridgehead atoms. The van der Waals surface area contributed by atoms with Gasteiger partial charge in [0.05, 0.1) is 6.61 Å². The van der Waals surface area contributed by atoms with Crippen molar-refractivity contribution < 1.29 is 8.85 Å². The van der Waals surface area contributed by atoms with Gasteiger partial charge in [0.15, 0.2) is 0 Å². The molecule has 2 nitrogen and oxygen atoms in total. The van der Waals surface area contributed by atoms with Gasteiger partial charge in [-0.2, -0.15) is 0 Å². The second kappa shape index (κ2) is 9.95. The van der Waals surface area contributed by atoms with E-state index in [0.29, 0.717) is 23.7 Å². The molecule has 0 aliphatic carbocycles. The zero-order valence-electron chi connectivity index (χ0n) is 23.8. The van der Waals surface area contributed by atoms with Gasteiger partial charge in [0.1, 0.15) is 5.75 Å². The molecule has 0 radical (unpaired) electrons. The fourth-order valence-electron chi connectivity index (χ4n) is 5.59. The summed E-state index contributed by atoms with van der Waals surface area (Å²) >= 11 is 0. The van der Waals surface area contributed by atoms with E-state index in [2.05, 4.69) is 106 Å². The average molecular weight is 497 g/mol. The average Bonchev–Trinajstić information content (AvgIpc) is 3.21. The molecular weight excluding hydrogens is 449 g/mol. The molecule has 0 atom stereocenters. The van der Waals surface area contributed by atoms with E-state index in [1.165, 1.54) is 45.2 Å². The lowest BCUT2D eigenvalue weighted by molar-refractivity contribution is 0.318. The molecule has 2 heterocycles. The fraction of sp³-hybridized carbons (Fsp3) is 0.600. The summed E-state index contributed by atoms with van der Waals surface area (Å²) in [4.78, 5) is 0. The Balaban J connectivity index is 0.000000191. The van der Waals surface area contributed by atoms with Crippen LogP contribution < -0.4 is 9.61 Å². The van der Waals surface area contributed by atoms with E-state index in [0.717, 1.165) is 6.61 Å². The third-order valence-corrected chi connectivity index (χ3v) is 12.0. The van der Waals surface area contributed by atoms with Crippen LogP contribution in [0.5, 0.6) is 5.75 Å². The summed E-state index contributed by atoms with van der Waals surface area (Å²) in [5.41, 5.74) is 8.89. The topological polar surface area (TPSA) is 18.5 Å². The Kier molecular flexibility index (Phi) is 7.96. The van der Waals surface area contributed by atoms with E-state index in [-0.39, 0.29) is 0 Å². The van der Waals surface area contributed by atoms with E-state index in [4.69, 9.17) is 8.85 Å². The second-order valence-electron chi connectivity index (χ2n) is 12.6. The third-order valence-electron chi connectivity index (χ3n) is 7.36. The first-order valence-corrected chi connectivity index (χ1v) is 19.3. The minimum absolute atomic E-state index is 0.549. The zero-order chi connectivity index (χ0) is 25.6. The number of fused-ring (bicyclic) bond motifs is 2. The molecule has 188 valence electrons. The maximum Gasteiger partial charge on any atom is 0.249 e. The predicted octanol–water partition coefficient (Wildman–Crippen LogP) is 8.49. The zero-order valence-corrected chi connectivity index (χ0v) is 25.8. The lowest BCUT2D eigenvalue weighted by atomic mass is 9.91. The summed E-state index contributed by atoms with van der Waals surface area (Å²) in [6, 6.07) is 10.4. The Morgan fingerprint density at radius 2 is 1.06 bits per heavy atom. The third kappa shape index (κ3) is 5.39. The molecule has 0 N–H and O–H groups in total. The summed E-state index contributed by atoms with van der Waals surface area (Å²) < 4.78 is 12.4. The summed E-state index contributed by atoms with van der Waals surface area (Å²) in [5, 5.41) is 1.58. The lowest BCUT2D eigenvalue weighted by Gasteiger charge is -2.22. The Morgan fingerprint density at radius 3 is 1.56 bits per heavy atom. The molecule has 0 saturated heterocycles. The van der Waals surface area contributed by atoms with Crippen LogP contribution in [0.1, 0.15) is 112 Å². The normalized spacial score (nSPS) is 17.6. The van der Waals surface area contributed by atoms with Gasteiger partial charge in [0, 0.05) is 6.04 Å². The summed E-state index contributed by atoms with van der Waals surface area (Å²) in [7, 11) is -3.14. The number of rotatable bonds is 4. The molecule has 2 aliphatic heterocycles. The Bertz CT molecular complexity index is 994. The maximum atomic E-state index is 6.32. The van der Waals surface area contributed by atoms with Crippen LogP contribution in [0.3, 0.4) is 0 Å². The molecule has 0 saturated carbocycles. The fourth-order valence-corrected chi connectivity index (χ4v) is 10.3. The number of hydrogen-bond donors (Lipinski definition) is 0. The highest BCUT2D eigenvalue weighted by Crippen LogP contribution is 2.42. The summed E-state index contributed by atoms with van der Waals surface area (Å²) in [6.45, 7) is 28.3. The minimum Gasteiger partial charge on any atom is -0.543 e. The largest absolute Gasteiger partial charge is 0.543 e. The van der Waals surface area contributed by atoms with Gasteiger partial charge in [0.2, 0.25) is 16.6 Å². The van der Waals surface area contributed by atoms with Gasteiger partial charge in [-0.05, 0) is 88.4 Å². The summed E-state index contributed by atoms with van der Waals surface area (Å²) in [6.07, 6.45) is 0. The first-order chi connectivity index (χ1) is 15.7. The van der Waals surface area contributed by atoms with E-state index < -0.39 is 16.6 Å². The Labute approximate surface area is 211 Å². The van der Waals surface area contributed by atoms with Gasteiger partial charge in [-0.25, -0.2) is 0 Å². The molecule has 0 aromatic heterocycles. The van der Waals surface area contributed by atoms with Crippen LogP contribution in [0, 0.1) is 0 Å². The second-order valence-corrected chi connectivity index (χ2v) is 20.5. The van der Waals surface area contributed by atoms with Crippen LogP contribution >= 0.6 is 0 Å². The van der Waals surface area contributed by atoms with E-state index >= 15 is 0 Å². The van der Waals surface area contributed by atoms with Gasteiger partial charge in [-0.15, -0.1) is 0 Å². The molecule has 2 aromatic carbocycles. The minimum atomic E-state index is -1.65. The van der Waals surface area contributed by atoms with Crippen molar-refractivity contribution >= 4 is 21.8 Å². The van der Waals surface area contributed by atoms with Gasteiger partial charge in [0.25, 0.3) is 0 Å². The molecule has 0 fully saturated rings. The van der Waals surface area contributed by atoms with Gasteiger partial charge >= 0.3 is 0 Å². The van der Waals surface area contributed by atoms with Crippen LogP contribution in [0.2, 0.25) is 26.2 Å². The van der Waals surface area contributed by atoms with E-state index in [9.17, 15) is 0 Å². The van der Waals surface area contributed by atoms with Gasteiger partial charge in [-0.3, -0.25) is 0 Å². The van der Waals surface area contributed by atoms with Crippen molar-refractivity contribution in [3.63, 3.8) is 0 Å². The predicted molar refractivity (Wildman–Crippen MR) is 153 cm³/mol. The lowest BCUT2D eigenvalue weighted by Crippen LogP contribution is -2.42. The SMILES string of the molecule is CC(C)c1ccc(C(C)C)c2c1CO[Si]2(C)C.CC(C)c1ccc(C(C)C)c2c1C[Si](C)(C)O2. The Hall–Kier alpha value is -1.37. The highest BCUT2D eigenvalue weighted by molar-refractivity contribution is 6.85. The summed E-state index contributed by atoms with van der Waals surface area (Å²) in [5.74, 6) is 3.56. The number of hydrogen-bond acceptors (Lipinski definition) is 2. The molecule has 4 rings (SSSR count). The molecule has 0 unspecified atom stereocenters. The van der Waals surface area contributed by atoms with Crippen LogP contribution in [0.25, 0.3) is 0 Å². The van der Waals surface area contributed by atoms with Crippen molar-refractivity contribution in [3.8, 4) is 5.75 Å². The van der Waals surface area contributed by atoms with Crippen molar-refractivity contribution in [2.45, 2.75) is 118 Å². The monoisotopic (exact) mass is 496 g/mol. The standard InChI is InChI=1S/2C15H24OSi/c1-10(2)12-7-8-13(11(3)4)15-14(12)9-17(5,6)16-15;1-10(2)12-7-8-13(11(3)4)15-14(12)9-16-17(15,5)6/h2*7-8,10-11H,9H2,1-6H3. The van der Waals surface area contributed by atoms with E-state index in [1.807, 2.05) is 0 Å². The first-order valence-electron chi connectivity index (χ1n) is 13.3. The van der Waals surface area contributed by atoms with Crippen LogP contribution in [-0.4, -0.2) is 16.6 Å². The van der Waals surface area contributed by atoms with Gasteiger partial charge in [-0.1, -0.05) is 79.7 Å². The maximum absolute atomic E-state index is 6.32. The molecular formula is C30H48O2Si2. The van der Waals surface area contributed by atoms with Crippen molar-refractivity contribution in [2.75, 3.05) is 0 Å². The number of benzene rings is 2. The highest BCUT2D eigenvalue weighted by Gasteiger charge is 2.38. The quantitative estimate of drug-likeness (QED) is 0.395. The molecule has 34 heavy (non-hydrogen) atoms. The van der Waals surface area contributed by atoms with E-state index in [1.54, 1.807) is 5.19 Å². The first kappa shape index (κ1) is 27.2. The molecule has 0 spiro atoms. The van der Waals surface area contributed by atoms with Crippen molar-refractivity contribution in [1.82, 2.24) is 0 Å². The van der Waals surface area contributed by atoms with Crippen LogP contribution in [0.4, 0.5) is 0 Å². The van der Waals surface area contributed by atoms with Gasteiger partial charge < -0.3 is 8.85 Å². The van der Waals surface area contributed by atoms with Crippen LogP contribution in [0.15, 0.2) is 24.3 Å². The highest BCUT2D eigenvalue weighted by atomic mass is 28.4. The molecule has 4 heteroatoms. The molecule has 2 aliphatic rings. The van der Waals surface area contributed by atoms with Crippen molar-refractivity contribution in [1.29, 1.82) is 0 Å². The van der Waals surface area contributed by atoms with Crippen molar-refractivity contribution in [3.05, 3.63) is 57.6 Å². The van der Waals surface area contributed by atoms with Crippen molar-refractivity contribution in [2.24, 2.45) is 0 Å². The smallest absolute Gasteiger partial charge is 0.249 e. The molecule has 2 aromatic rings. The molecule has 0 amide bonds.